The number of phenolic OH excluding ortho intramolecular Hbond substituents is 1. The first kappa shape index (κ1) is 18.2. The summed E-state index contributed by atoms with van der Waals surface area (Å²) in [5.41, 5.74) is 2.79. The zero-order valence-electron chi connectivity index (χ0n) is 14.9. The first-order valence-corrected chi connectivity index (χ1v) is 8.31. The SMILES string of the molecule is COC(=O)c1c(C)n(CCNc2ccc([N+](=O)[O-])cc2)c2ccc(O)cc12. The van der Waals surface area contributed by atoms with Gasteiger partial charge >= 0.3 is 5.97 Å². The number of phenols is 1. The molecule has 3 rings (SSSR count). The van der Waals surface area contributed by atoms with E-state index in [1.807, 2.05) is 11.5 Å². The number of methoxy groups -OCH3 is 1. The molecule has 0 spiro atoms. The monoisotopic (exact) mass is 369 g/mol. The van der Waals surface area contributed by atoms with E-state index >= 15 is 0 Å². The third kappa shape index (κ3) is 3.55. The number of anilines is 1. The van der Waals surface area contributed by atoms with Crippen LogP contribution in [0.3, 0.4) is 0 Å². The molecule has 0 aliphatic carbocycles. The van der Waals surface area contributed by atoms with Gasteiger partial charge in [-0.15, -0.1) is 0 Å². The Labute approximate surface area is 155 Å². The summed E-state index contributed by atoms with van der Waals surface area (Å²) >= 11 is 0. The van der Waals surface area contributed by atoms with Gasteiger partial charge in [-0.1, -0.05) is 0 Å². The normalized spacial score (nSPS) is 10.7. The summed E-state index contributed by atoms with van der Waals surface area (Å²) in [7, 11) is 1.32. The maximum Gasteiger partial charge on any atom is 0.340 e. The number of benzene rings is 2. The van der Waals surface area contributed by atoms with Gasteiger partial charge in [0.05, 0.1) is 17.6 Å². The van der Waals surface area contributed by atoms with Crippen LogP contribution in [-0.2, 0) is 11.3 Å². The Morgan fingerprint density at radius 2 is 1.96 bits per heavy atom. The highest BCUT2D eigenvalue weighted by Gasteiger charge is 2.20. The smallest absolute Gasteiger partial charge is 0.340 e. The molecule has 0 radical (unpaired) electrons. The topological polar surface area (TPSA) is 107 Å². The molecule has 8 heteroatoms. The van der Waals surface area contributed by atoms with Crippen molar-refractivity contribution in [1.29, 1.82) is 0 Å². The molecule has 0 aliphatic heterocycles. The highest BCUT2D eigenvalue weighted by atomic mass is 16.6. The van der Waals surface area contributed by atoms with Crippen LogP contribution in [0.2, 0.25) is 0 Å². The van der Waals surface area contributed by atoms with Crippen molar-refractivity contribution in [2.45, 2.75) is 13.5 Å². The minimum absolute atomic E-state index is 0.0373. The summed E-state index contributed by atoms with van der Waals surface area (Å²) in [6.07, 6.45) is 0. The molecule has 140 valence electrons. The van der Waals surface area contributed by atoms with Crippen LogP contribution in [-0.4, -0.2) is 34.2 Å². The van der Waals surface area contributed by atoms with Gasteiger partial charge in [0, 0.05) is 47.5 Å². The number of rotatable bonds is 6. The molecular weight excluding hydrogens is 350 g/mol. The Morgan fingerprint density at radius 1 is 1.26 bits per heavy atom. The largest absolute Gasteiger partial charge is 0.508 e. The minimum atomic E-state index is -0.454. The second-order valence-corrected chi connectivity index (χ2v) is 6.04. The number of non-ortho nitro benzene ring substituents is 1. The van der Waals surface area contributed by atoms with E-state index in [1.165, 1.54) is 19.2 Å². The van der Waals surface area contributed by atoms with Crippen molar-refractivity contribution < 1.29 is 19.6 Å². The maximum atomic E-state index is 12.2. The van der Waals surface area contributed by atoms with Crippen molar-refractivity contribution in [2.75, 3.05) is 19.0 Å². The van der Waals surface area contributed by atoms with Crippen molar-refractivity contribution in [1.82, 2.24) is 4.57 Å². The van der Waals surface area contributed by atoms with Crippen molar-refractivity contribution >= 4 is 28.2 Å². The third-order valence-corrected chi connectivity index (χ3v) is 4.44. The molecule has 2 aromatic carbocycles. The Kier molecular flexibility index (Phi) is 4.98. The molecule has 0 fully saturated rings. The molecule has 8 nitrogen and oxygen atoms in total. The zero-order valence-corrected chi connectivity index (χ0v) is 14.9. The Hall–Kier alpha value is -3.55. The lowest BCUT2D eigenvalue weighted by molar-refractivity contribution is -0.384. The number of aromatic nitrogens is 1. The van der Waals surface area contributed by atoms with E-state index in [4.69, 9.17) is 4.74 Å². The number of carbonyl (C=O) groups is 1. The van der Waals surface area contributed by atoms with Crippen molar-refractivity contribution in [3.63, 3.8) is 0 Å². The predicted molar refractivity (Wildman–Crippen MR) is 101 cm³/mol. The summed E-state index contributed by atoms with van der Waals surface area (Å²) < 4.78 is 6.85. The Bertz CT molecular complexity index is 1010. The number of hydrogen-bond acceptors (Lipinski definition) is 6. The third-order valence-electron chi connectivity index (χ3n) is 4.44. The van der Waals surface area contributed by atoms with Gasteiger partial charge in [-0.25, -0.2) is 4.79 Å². The van der Waals surface area contributed by atoms with Crippen LogP contribution in [0.15, 0.2) is 42.5 Å². The first-order valence-electron chi connectivity index (χ1n) is 8.31. The molecule has 0 aliphatic rings. The Balaban J connectivity index is 1.83. The molecule has 1 aromatic heterocycles. The number of hydrogen-bond donors (Lipinski definition) is 2. The fourth-order valence-corrected chi connectivity index (χ4v) is 3.13. The fraction of sp³-hybridized carbons (Fsp3) is 0.211. The van der Waals surface area contributed by atoms with Crippen LogP contribution in [0.4, 0.5) is 11.4 Å². The van der Waals surface area contributed by atoms with Gasteiger partial charge in [0.2, 0.25) is 0 Å². The van der Waals surface area contributed by atoms with Gasteiger partial charge in [-0.2, -0.15) is 0 Å². The van der Waals surface area contributed by atoms with Crippen LogP contribution >= 0.6 is 0 Å². The molecule has 0 bridgehead atoms. The van der Waals surface area contributed by atoms with Gasteiger partial charge in [0.25, 0.3) is 5.69 Å². The summed E-state index contributed by atoms with van der Waals surface area (Å²) in [6.45, 7) is 2.93. The number of nitro benzene ring substituents is 1. The van der Waals surface area contributed by atoms with Gasteiger partial charge in [-0.05, 0) is 37.3 Å². The molecule has 0 saturated heterocycles. The van der Waals surface area contributed by atoms with E-state index < -0.39 is 10.9 Å². The second kappa shape index (κ2) is 7.36. The number of nitrogens with zero attached hydrogens (tertiary/aromatic N) is 2. The lowest BCUT2D eigenvalue weighted by atomic mass is 10.1. The number of fused-ring (bicyclic) bond motifs is 1. The van der Waals surface area contributed by atoms with Crippen LogP contribution in [0.25, 0.3) is 10.9 Å². The molecule has 3 aromatic rings. The van der Waals surface area contributed by atoms with E-state index in [0.717, 1.165) is 16.9 Å². The number of esters is 1. The predicted octanol–water partition coefficient (Wildman–Crippen LogP) is 3.46. The number of nitrogens with one attached hydrogen (secondary N) is 1. The lowest BCUT2D eigenvalue weighted by Crippen LogP contribution is -2.12. The summed E-state index contributed by atoms with van der Waals surface area (Å²) in [4.78, 5) is 22.4. The van der Waals surface area contributed by atoms with Crippen LogP contribution in [0.5, 0.6) is 5.75 Å². The summed E-state index contributed by atoms with van der Waals surface area (Å²) in [5, 5.41) is 24.3. The van der Waals surface area contributed by atoms with E-state index in [1.54, 1.807) is 30.3 Å². The van der Waals surface area contributed by atoms with Gasteiger partial charge in [-0.3, -0.25) is 10.1 Å². The van der Waals surface area contributed by atoms with Crippen molar-refractivity contribution in [3.8, 4) is 5.75 Å². The van der Waals surface area contributed by atoms with E-state index in [0.29, 0.717) is 24.0 Å². The Morgan fingerprint density at radius 3 is 2.59 bits per heavy atom. The summed E-state index contributed by atoms with van der Waals surface area (Å²) in [6, 6.07) is 11.1. The number of ether oxygens (including phenoxy) is 1. The van der Waals surface area contributed by atoms with Crippen molar-refractivity contribution in [3.05, 3.63) is 63.8 Å². The molecule has 0 atom stereocenters. The lowest BCUT2D eigenvalue weighted by Gasteiger charge is -2.11. The van der Waals surface area contributed by atoms with Crippen LogP contribution < -0.4 is 5.32 Å². The van der Waals surface area contributed by atoms with E-state index in [2.05, 4.69) is 5.32 Å². The zero-order chi connectivity index (χ0) is 19.6. The fourth-order valence-electron chi connectivity index (χ4n) is 3.13. The molecule has 27 heavy (non-hydrogen) atoms. The molecule has 1 heterocycles. The highest BCUT2D eigenvalue weighted by Crippen LogP contribution is 2.29. The minimum Gasteiger partial charge on any atom is -0.508 e. The number of nitro groups is 1. The van der Waals surface area contributed by atoms with Gasteiger partial charge in [0.15, 0.2) is 0 Å². The average molecular weight is 369 g/mol. The molecular formula is C19H19N3O5. The first-order chi connectivity index (χ1) is 12.9. The number of carbonyl (C=O) groups excluding carboxylic acids is 1. The highest BCUT2D eigenvalue weighted by molar-refractivity contribution is 6.06. The van der Waals surface area contributed by atoms with Crippen LogP contribution in [0.1, 0.15) is 16.1 Å². The molecule has 2 N–H and O–H groups in total. The van der Waals surface area contributed by atoms with Crippen LogP contribution in [0, 0.1) is 17.0 Å². The quantitative estimate of drug-likeness (QED) is 0.391. The molecule has 0 saturated carbocycles. The molecule has 0 unspecified atom stereocenters. The molecule has 0 amide bonds. The van der Waals surface area contributed by atoms with E-state index in [9.17, 15) is 20.0 Å². The van der Waals surface area contributed by atoms with Gasteiger partial charge < -0.3 is 19.7 Å². The van der Waals surface area contributed by atoms with E-state index in [-0.39, 0.29) is 11.4 Å². The summed E-state index contributed by atoms with van der Waals surface area (Å²) in [5.74, 6) is -0.376. The van der Waals surface area contributed by atoms with Crippen molar-refractivity contribution in [2.24, 2.45) is 0 Å². The van der Waals surface area contributed by atoms with Gasteiger partial charge in [0.1, 0.15) is 5.75 Å². The maximum absolute atomic E-state index is 12.2. The number of aromatic hydroxyl groups is 1. The second-order valence-electron chi connectivity index (χ2n) is 6.04. The average Bonchev–Trinajstić information content (AvgIpc) is 2.92. The standard InChI is InChI=1S/C19H19N3O5/c1-12-18(19(24)27-2)16-11-15(23)7-8-17(16)21(12)10-9-20-13-3-5-14(6-4-13)22(25)26/h3-8,11,20,23H,9-10H2,1-2H3.